The topological polar surface area (TPSA) is 127 Å². The van der Waals surface area contributed by atoms with E-state index in [2.05, 4.69) is 17.1 Å². The number of hydrogen-bond donors (Lipinski definition) is 3. The van der Waals surface area contributed by atoms with Crippen molar-refractivity contribution in [2.45, 2.75) is 37.5 Å². The third kappa shape index (κ3) is 4.96. The first-order chi connectivity index (χ1) is 9.92. The number of nitrogen functional groups attached to an aromatic ring is 1. The van der Waals surface area contributed by atoms with E-state index in [1.807, 2.05) is 0 Å². The molecule has 0 unspecified atom stereocenters. The number of nitrogens with zero attached hydrogens (tertiary/aromatic N) is 1. The second kappa shape index (κ2) is 7.91. The number of nitrogens with two attached hydrogens (primary N) is 1. The van der Waals surface area contributed by atoms with Crippen molar-refractivity contribution in [3.8, 4) is 0 Å². The standard InChI is InChI=1S/C12H20N4O4S/c1-2-3-4-5-8-14-21(19,20)12-7-6-10(16(17)18)9-11(12)15-13/h6-7,9,14-15H,2-5,8,13H2,1H3. The smallest absolute Gasteiger partial charge is 0.271 e. The molecule has 0 bridgehead atoms. The molecule has 1 aromatic carbocycles. The summed E-state index contributed by atoms with van der Waals surface area (Å²) < 4.78 is 26.8. The zero-order valence-corrected chi connectivity index (χ0v) is 12.6. The predicted octanol–water partition coefficient (Wildman–Crippen LogP) is 1.74. The van der Waals surface area contributed by atoms with Crippen LogP contribution in [0.15, 0.2) is 23.1 Å². The molecule has 21 heavy (non-hydrogen) atoms. The van der Waals surface area contributed by atoms with Gasteiger partial charge in [-0.15, -0.1) is 0 Å². The van der Waals surface area contributed by atoms with E-state index in [-0.39, 0.29) is 16.3 Å². The van der Waals surface area contributed by atoms with Crippen LogP contribution in [-0.2, 0) is 10.0 Å². The number of hydrazine groups is 1. The van der Waals surface area contributed by atoms with Crippen LogP contribution in [0.1, 0.15) is 32.6 Å². The number of nitro groups is 1. The minimum absolute atomic E-state index is 0.00902. The highest BCUT2D eigenvalue weighted by molar-refractivity contribution is 7.89. The van der Waals surface area contributed by atoms with Crippen LogP contribution in [0.5, 0.6) is 0 Å². The Balaban J connectivity index is 2.85. The molecule has 118 valence electrons. The number of unbranched alkanes of at least 4 members (excludes halogenated alkanes) is 3. The average Bonchev–Trinajstić information content (AvgIpc) is 2.46. The van der Waals surface area contributed by atoms with Crippen LogP contribution in [-0.4, -0.2) is 19.9 Å². The fraction of sp³-hybridized carbons (Fsp3) is 0.500. The van der Waals surface area contributed by atoms with Crippen molar-refractivity contribution < 1.29 is 13.3 Å². The normalized spacial score (nSPS) is 11.3. The van der Waals surface area contributed by atoms with Gasteiger partial charge in [0.05, 0.1) is 10.6 Å². The molecule has 0 aromatic heterocycles. The molecule has 0 amide bonds. The zero-order valence-electron chi connectivity index (χ0n) is 11.8. The Morgan fingerprint density at radius 3 is 2.57 bits per heavy atom. The number of benzene rings is 1. The highest BCUT2D eigenvalue weighted by Gasteiger charge is 2.20. The van der Waals surface area contributed by atoms with Crippen LogP contribution in [0.2, 0.25) is 0 Å². The Morgan fingerprint density at radius 2 is 2.00 bits per heavy atom. The molecule has 0 spiro atoms. The third-order valence-corrected chi connectivity index (χ3v) is 4.46. The first kappa shape index (κ1) is 17.3. The number of sulfonamides is 1. The molecule has 0 saturated heterocycles. The maximum atomic E-state index is 12.1. The maximum Gasteiger partial charge on any atom is 0.271 e. The van der Waals surface area contributed by atoms with Gasteiger partial charge in [-0.1, -0.05) is 26.2 Å². The molecule has 0 heterocycles. The van der Waals surface area contributed by atoms with Crippen molar-refractivity contribution in [3.63, 3.8) is 0 Å². The molecule has 0 aliphatic rings. The van der Waals surface area contributed by atoms with E-state index in [4.69, 9.17) is 5.84 Å². The largest absolute Gasteiger partial charge is 0.323 e. The maximum absolute atomic E-state index is 12.1. The summed E-state index contributed by atoms with van der Waals surface area (Å²) in [5, 5.41) is 10.7. The molecule has 1 rings (SSSR count). The minimum atomic E-state index is -3.75. The van der Waals surface area contributed by atoms with E-state index in [0.29, 0.717) is 6.54 Å². The molecule has 0 fully saturated rings. The number of anilines is 1. The van der Waals surface area contributed by atoms with Gasteiger partial charge in [0.15, 0.2) is 0 Å². The molecular formula is C12H20N4O4S. The summed E-state index contributed by atoms with van der Waals surface area (Å²) >= 11 is 0. The van der Waals surface area contributed by atoms with Gasteiger partial charge in [0.2, 0.25) is 10.0 Å². The number of non-ortho nitro benzene ring substituents is 1. The Hall–Kier alpha value is -1.71. The number of rotatable bonds is 9. The molecule has 0 saturated carbocycles. The number of nitrogens with one attached hydrogen (secondary N) is 2. The fourth-order valence-electron chi connectivity index (χ4n) is 1.81. The third-order valence-electron chi connectivity index (χ3n) is 2.94. The molecule has 1 aromatic rings. The van der Waals surface area contributed by atoms with Gasteiger partial charge in [0, 0.05) is 18.7 Å². The fourth-order valence-corrected chi connectivity index (χ4v) is 3.04. The van der Waals surface area contributed by atoms with E-state index in [9.17, 15) is 18.5 Å². The molecule has 0 atom stereocenters. The summed E-state index contributed by atoms with van der Waals surface area (Å²) in [6.45, 7) is 2.39. The average molecular weight is 316 g/mol. The summed E-state index contributed by atoms with van der Waals surface area (Å²) in [5.41, 5.74) is 1.94. The van der Waals surface area contributed by atoms with Gasteiger partial charge in [-0.05, 0) is 12.5 Å². The molecule has 0 radical (unpaired) electrons. The van der Waals surface area contributed by atoms with E-state index in [1.54, 1.807) is 0 Å². The van der Waals surface area contributed by atoms with Crippen LogP contribution < -0.4 is 16.0 Å². The molecule has 8 nitrogen and oxygen atoms in total. The summed E-state index contributed by atoms with van der Waals surface area (Å²) in [6, 6.07) is 3.39. The number of nitro benzene ring substituents is 1. The van der Waals surface area contributed by atoms with Crippen LogP contribution >= 0.6 is 0 Å². The van der Waals surface area contributed by atoms with E-state index in [0.717, 1.165) is 37.8 Å². The first-order valence-electron chi connectivity index (χ1n) is 6.67. The van der Waals surface area contributed by atoms with Gasteiger partial charge in [-0.2, -0.15) is 0 Å². The highest BCUT2D eigenvalue weighted by Crippen LogP contribution is 2.25. The Morgan fingerprint density at radius 1 is 1.29 bits per heavy atom. The Labute approximate surface area is 123 Å². The molecule has 0 aliphatic carbocycles. The van der Waals surface area contributed by atoms with E-state index in [1.165, 1.54) is 6.07 Å². The van der Waals surface area contributed by atoms with Crippen LogP contribution in [0.4, 0.5) is 11.4 Å². The van der Waals surface area contributed by atoms with E-state index >= 15 is 0 Å². The van der Waals surface area contributed by atoms with E-state index < -0.39 is 14.9 Å². The Bertz CT molecular complexity index is 589. The van der Waals surface area contributed by atoms with Gasteiger partial charge in [0.1, 0.15) is 4.90 Å². The molecule has 4 N–H and O–H groups in total. The second-order valence-electron chi connectivity index (χ2n) is 4.54. The molecule has 9 heteroatoms. The van der Waals surface area contributed by atoms with Crippen molar-refractivity contribution in [2.75, 3.05) is 12.0 Å². The Kier molecular flexibility index (Phi) is 6.53. The summed E-state index contributed by atoms with van der Waals surface area (Å²) in [6.07, 6.45) is 3.80. The lowest BCUT2D eigenvalue weighted by atomic mass is 10.2. The molecule has 0 aliphatic heterocycles. The summed E-state index contributed by atoms with van der Waals surface area (Å²) in [5.74, 6) is 5.25. The monoisotopic (exact) mass is 316 g/mol. The lowest BCUT2D eigenvalue weighted by Gasteiger charge is -2.10. The van der Waals surface area contributed by atoms with Crippen molar-refractivity contribution in [1.82, 2.24) is 4.72 Å². The number of hydrogen-bond acceptors (Lipinski definition) is 6. The van der Waals surface area contributed by atoms with Crippen LogP contribution in [0.3, 0.4) is 0 Å². The second-order valence-corrected chi connectivity index (χ2v) is 6.28. The zero-order chi connectivity index (χ0) is 15.9. The van der Waals surface area contributed by atoms with Crippen molar-refractivity contribution in [2.24, 2.45) is 5.84 Å². The summed E-state index contributed by atoms with van der Waals surface area (Å²) in [4.78, 5) is 9.95. The quantitative estimate of drug-likeness (QED) is 0.275. The highest BCUT2D eigenvalue weighted by atomic mass is 32.2. The van der Waals surface area contributed by atoms with Crippen molar-refractivity contribution >= 4 is 21.4 Å². The van der Waals surface area contributed by atoms with Gasteiger partial charge >= 0.3 is 0 Å². The van der Waals surface area contributed by atoms with Gasteiger partial charge in [-0.25, -0.2) is 13.1 Å². The van der Waals surface area contributed by atoms with Crippen LogP contribution in [0.25, 0.3) is 0 Å². The van der Waals surface area contributed by atoms with Crippen molar-refractivity contribution in [1.29, 1.82) is 0 Å². The molecular weight excluding hydrogens is 296 g/mol. The lowest BCUT2D eigenvalue weighted by molar-refractivity contribution is -0.384. The summed E-state index contributed by atoms with van der Waals surface area (Å²) in [7, 11) is -3.75. The van der Waals surface area contributed by atoms with Crippen LogP contribution in [0, 0.1) is 10.1 Å². The SMILES string of the molecule is CCCCCCNS(=O)(=O)c1ccc([N+](=O)[O-])cc1NN. The lowest BCUT2D eigenvalue weighted by Crippen LogP contribution is -2.26. The minimum Gasteiger partial charge on any atom is -0.323 e. The first-order valence-corrected chi connectivity index (χ1v) is 8.15. The van der Waals surface area contributed by atoms with Gasteiger partial charge < -0.3 is 5.43 Å². The van der Waals surface area contributed by atoms with Crippen molar-refractivity contribution in [3.05, 3.63) is 28.3 Å². The van der Waals surface area contributed by atoms with Gasteiger partial charge in [-0.3, -0.25) is 16.0 Å². The predicted molar refractivity (Wildman–Crippen MR) is 80.2 cm³/mol. The van der Waals surface area contributed by atoms with Gasteiger partial charge in [0.25, 0.3) is 5.69 Å².